The van der Waals surface area contributed by atoms with Gasteiger partial charge in [-0.25, -0.2) is 19.3 Å². The lowest BCUT2D eigenvalue weighted by molar-refractivity contribution is -0.132. The number of nitrogens with zero attached hydrogens (tertiary/aromatic N) is 5. The summed E-state index contributed by atoms with van der Waals surface area (Å²) >= 11 is 0. The van der Waals surface area contributed by atoms with E-state index >= 15 is 0 Å². The summed E-state index contributed by atoms with van der Waals surface area (Å²) in [7, 11) is 1.88. The van der Waals surface area contributed by atoms with Crippen LogP contribution in [0, 0.1) is 5.82 Å². The first-order valence-corrected chi connectivity index (χ1v) is 8.25. The van der Waals surface area contributed by atoms with Crippen LogP contribution in [0.15, 0.2) is 24.8 Å². The Bertz CT molecular complexity index is 764. The zero-order valence-electron chi connectivity index (χ0n) is 13.8. The van der Waals surface area contributed by atoms with Crippen LogP contribution in [0.3, 0.4) is 0 Å². The van der Waals surface area contributed by atoms with Gasteiger partial charge in [0.1, 0.15) is 11.9 Å². The molecule has 0 saturated carbocycles. The van der Waals surface area contributed by atoms with E-state index in [4.69, 9.17) is 4.74 Å². The number of aryl methyl sites for hydroxylation is 1. The fourth-order valence-electron chi connectivity index (χ4n) is 3.47. The van der Waals surface area contributed by atoms with Gasteiger partial charge < -0.3 is 19.5 Å². The van der Waals surface area contributed by atoms with Crippen LogP contribution in [0.4, 0.5) is 10.3 Å². The van der Waals surface area contributed by atoms with Crippen molar-refractivity contribution < 1.29 is 13.9 Å². The van der Waals surface area contributed by atoms with Crippen molar-refractivity contribution in [3.63, 3.8) is 0 Å². The van der Waals surface area contributed by atoms with Gasteiger partial charge in [-0.15, -0.1) is 0 Å². The van der Waals surface area contributed by atoms with Gasteiger partial charge in [-0.1, -0.05) is 0 Å². The summed E-state index contributed by atoms with van der Waals surface area (Å²) < 4.78 is 20.8. The number of hydrogen-bond acceptors (Lipinski definition) is 6. The molecule has 0 bridgehead atoms. The summed E-state index contributed by atoms with van der Waals surface area (Å²) in [4.78, 5) is 26.7. The molecule has 0 unspecified atom stereocenters. The summed E-state index contributed by atoms with van der Waals surface area (Å²) in [5.74, 6) is 0.658. The van der Waals surface area contributed by atoms with Crippen LogP contribution < -0.4 is 10.2 Å². The van der Waals surface area contributed by atoms with Crippen molar-refractivity contribution in [1.82, 2.24) is 24.8 Å². The van der Waals surface area contributed by atoms with E-state index in [0.717, 1.165) is 31.2 Å². The quantitative estimate of drug-likeness (QED) is 0.863. The summed E-state index contributed by atoms with van der Waals surface area (Å²) in [5, 5.41) is 2.87. The van der Waals surface area contributed by atoms with E-state index < -0.39 is 11.9 Å². The average molecular weight is 346 g/mol. The number of carbonyl (C=O) groups excluding carboxylic acids is 1. The lowest BCUT2D eigenvalue weighted by Gasteiger charge is -2.22. The highest BCUT2D eigenvalue weighted by Crippen LogP contribution is 2.34. The number of ether oxygens (including phenoxy) is 1. The molecule has 4 heterocycles. The Labute approximate surface area is 144 Å². The molecule has 3 atom stereocenters. The van der Waals surface area contributed by atoms with Crippen LogP contribution in [-0.4, -0.2) is 50.2 Å². The number of aromatic nitrogens is 4. The third kappa shape index (κ3) is 3.07. The number of carbonyl (C=O) groups is 1. The van der Waals surface area contributed by atoms with Crippen LogP contribution in [0.25, 0.3) is 0 Å². The van der Waals surface area contributed by atoms with Crippen LogP contribution in [0.2, 0.25) is 0 Å². The van der Waals surface area contributed by atoms with Crippen LogP contribution in [0.5, 0.6) is 0 Å². The molecule has 2 aliphatic rings. The summed E-state index contributed by atoms with van der Waals surface area (Å²) in [6.07, 6.45) is 6.67. The predicted octanol–water partition coefficient (Wildman–Crippen LogP) is 0.402. The van der Waals surface area contributed by atoms with E-state index in [2.05, 4.69) is 20.3 Å². The van der Waals surface area contributed by atoms with Gasteiger partial charge >= 0.3 is 0 Å². The number of rotatable bonds is 4. The molecule has 2 aromatic heterocycles. The van der Waals surface area contributed by atoms with Crippen molar-refractivity contribution in [2.45, 2.75) is 37.6 Å². The van der Waals surface area contributed by atoms with Crippen LogP contribution in [-0.2, 0) is 23.1 Å². The van der Waals surface area contributed by atoms with Crippen LogP contribution >= 0.6 is 0 Å². The first-order chi connectivity index (χ1) is 12.1. The number of nitrogens with one attached hydrogen (secondary N) is 1. The van der Waals surface area contributed by atoms with Gasteiger partial charge in [0.15, 0.2) is 5.82 Å². The molecule has 8 nitrogen and oxygen atoms in total. The fraction of sp³-hybridized carbons (Fsp3) is 0.500. The molecule has 0 aromatic carbocycles. The molecule has 25 heavy (non-hydrogen) atoms. The van der Waals surface area contributed by atoms with E-state index in [1.807, 2.05) is 22.7 Å². The first kappa shape index (κ1) is 15.9. The molecule has 2 fully saturated rings. The van der Waals surface area contributed by atoms with Gasteiger partial charge in [-0.2, -0.15) is 0 Å². The third-order valence-corrected chi connectivity index (χ3v) is 4.78. The van der Waals surface area contributed by atoms with Crippen molar-refractivity contribution in [3.05, 3.63) is 36.4 Å². The van der Waals surface area contributed by atoms with Gasteiger partial charge in [-0.3, -0.25) is 4.79 Å². The number of amides is 1. The van der Waals surface area contributed by atoms with E-state index in [1.165, 1.54) is 0 Å². The number of anilines is 1. The second kappa shape index (κ2) is 6.40. The number of halogens is 1. The Kier molecular flexibility index (Phi) is 4.08. The second-order valence-electron chi connectivity index (χ2n) is 6.32. The molecular formula is C16H19FN6O2. The molecule has 0 spiro atoms. The summed E-state index contributed by atoms with van der Waals surface area (Å²) in [6, 6.07) is 0.0365. The Morgan fingerprint density at radius 3 is 2.92 bits per heavy atom. The third-order valence-electron chi connectivity index (χ3n) is 4.78. The van der Waals surface area contributed by atoms with Gasteiger partial charge in [0.2, 0.25) is 11.9 Å². The molecule has 1 amide bonds. The van der Waals surface area contributed by atoms with Crippen molar-refractivity contribution >= 4 is 11.9 Å². The number of hydrogen-bond donors (Lipinski definition) is 1. The predicted molar refractivity (Wildman–Crippen MR) is 86.1 cm³/mol. The molecule has 4 rings (SSSR count). The normalized spacial score (nSPS) is 25.2. The standard InChI is InChI=1S/C16H19FN6O2/c1-22-5-3-18-14(22)9-19-15(24)13-6-11-12(25-13)2-4-23(11)16-20-7-10(17)8-21-16/h3,5,7-8,11-13H,2,4,6,9H2,1H3,(H,19,24)/t11-,12-,13+/m1/s1. The SMILES string of the molecule is Cn1ccnc1CNC(=O)[C@@H]1C[C@@H]2[C@@H](CCN2c2ncc(F)cn2)O1. The van der Waals surface area contributed by atoms with Gasteiger partial charge in [0.05, 0.1) is 31.1 Å². The van der Waals surface area contributed by atoms with Crippen molar-refractivity contribution in [2.75, 3.05) is 11.4 Å². The van der Waals surface area contributed by atoms with Gasteiger partial charge in [-0.05, 0) is 6.42 Å². The Hall–Kier alpha value is -2.55. The fourth-order valence-corrected chi connectivity index (χ4v) is 3.47. The van der Waals surface area contributed by atoms with E-state index in [1.54, 1.807) is 6.20 Å². The minimum atomic E-state index is -0.501. The summed E-state index contributed by atoms with van der Waals surface area (Å²) in [5.41, 5.74) is 0. The highest BCUT2D eigenvalue weighted by molar-refractivity contribution is 5.81. The molecule has 2 aromatic rings. The number of imidazole rings is 1. The minimum Gasteiger partial charge on any atom is -0.363 e. The highest BCUT2D eigenvalue weighted by atomic mass is 19.1. The monoisotopic (exact) mass is 346 g/mol. The van der Waals surface area contributed by atoms with Crippen molar-refractivity contribution in [1.29, 1.82) is 0 Å². The minimum absolute atomic E-state index is 0.0300. The molecule has 0 aliphatic carbocycles. The molecule has 0 radical (unpaired) electrons. The molecule has 1 N–H and O–H groups in total. The number of fused-ring (bicyclic) bond motifs is 1. The Morgan fingerprint density at radius 2 is 2.20 bits per heavy atom. The maximum atomic E-state index is 13.0. The zero-order valence-corrected chi connectivity index (χ0v) is 13.8. The molecule has 132 valence electrons. The largest absolute Gasteiger partial charge is 0.363 e. The average Bonchev–Trinajstić information content (AvgIpc) is 3.29. The van der Waals surface area contributed by atoms with E-state index in [-0.39, 0.29) is 18.1 Å². The van der Waals surface area contributed by atoms with Gasteiger partial charge in [0.25, 0.3) is 0 Å². The first-order valence-electron chi connectivity index (χ1n) is 8.25. The Morgan fingerprint density at radius 1 is 1.40 bits per heavy atom. The van der Waals surface area contributed by atoms with E-state index in [9.17, 15) is 9.18 Å². The molecule has 2 saturated heterocycles. The second-order valence-corrected chi connectivity index (χ2v) is 6.32. The summed E-state index contributed by atoms with van der Waals surface area (Å²) in [6.45, 7) is 1.10. The Balaban J connectivity index is 1.38. The van der Waals surface area contributed by atoms with Crippen molar-refractivity contribution in [3.8, 4) is 0 Å². The van der Waals surface area contributed by atoms with Gasteiger partial charge in [0, 0.05) is 32.4 Å². The maximum absolute atomic E-state index is 13.0. The van der Waals surface area contributed by atoms with E-state index in [0.29, 0.717) is 18.9 Å². The maximum Gasteiger partial charge on any atom is 0.249 e. The lowest BCUT2D eigenvalue weighted by atomic mass is 10.1. The molecular weight excluding hydrogens is 327 g/mol. The van der Waals surface area contributed by atoms with Crippen LogP contribution in [0.1, 0.15) is 18.7 Å². The lowest BCUT2D eigenvalue weighted by Crippen LogP contribution is -2.37. The zero-order chi connectivity index (χ0) is 17.4. The smallest absolute Gasteiger partial charge is 0.249 e. The van der Waals surface area contributed by atoms with Crippen molar-refractivity contribution in [2.24, 2.45) is 7.05 Å². The highest BCUT2D eigenvalue weighted by Gasteiger charge is 2.46. The molecule has 2 aliphatic heterocycles. The molecule has 9 heteroatoms. The topological polar surface area (TPSA) is 85.2 Å².